The van der Waals surface area contributed by atoms with Gasteiger partial charge in [0.05, 0.1) is 18.1 Å². The summed E-state index contributed by atoms with van der Waals surface area (Å²) in [6.45, 7) is -0.185. The van der Waals surface area contributed by atoms with Crippen molar-refractivity contribution in [2.24, 2.45) is 4.99 Å². The molecule has 1 aliphatic heterocycles. The molecule has 0 aromatic heterocycles. The van der Waals surface area contributed by atoms with E-state index in [0.717, 1.165) is 33.7 Å². The first-order chi connectivity index (χ1) is 15.3. The van der Waals surface area contributed by atoms with E-state index in [2.05, 4.69) is 9.73 Å². The number of hydrogen-bond acceptors (Lipinski definition) is 4. The van der Waals surface area contributed by atoms with Gasteiger partial charge in [-0.25, -0.2) is 9.18 Å². The van der Waals surface area contributed by atoms with E-state index in [1.54, 1.807) is 13.0 Å². The van der Waals surface area contributed by atoms with Crippen molar-refractivity contribution in [2.45, 2.75) is 26.0 Å². The van der Waals surface area contributed by atoms with E-state index in [4.69, 9.17) is 0 Å². The molecule has 0 N–H and O–H groups in total. The Morgan fingerprint density at radius 3 is 2.30 bits per heavy atom. The summed E-state index contributed by atoms with van der Waals surface area (Å²) in [5, 5.41) is -0.239. The zero-order valence-corrected chi connectivity index (χ0v) is 17.7. The van der Waals surface area contributed by atoms with E-state index in [1.807, 2.05) is 0 Å². The Hall–Kier alpha value is -2.96. The van der Waals surface area contributed by atoms with Gasteiger partial charge in [0.25, 0.3) is 0 Å². The second kappa shape index (κ2) is 9.49. The Labute approximate surface area is 187 Å². The number of aliphatic imine (C=N–C) groups is 1. The van der Waals surface area contributed by atoms with Crippen LogP contribution in [0, 0.1) is 12.7 Å². The summed E-state index contributed by atoms with van der Waals surface area (Å²) in [5.41, 5.74) is 0.843. The highest BCUT2D eigenvalue weighted by molar-refractivity contribution is 8.14. The van der Waals surface area contributed by atoms with Crippen LogP contribution in [0.5, 0.6) is 5.75 Å². The molecule has 13 heteroatoms. The van der Waals surface area contributed by atoms with Crippen molar-refractivity contribution in [2.75, 3.05) is 17.3 Å². The predicted octanol–water partition coefficient (Wildman–Crippen LogP) is 6.08. The van der Waals surface area contributed by atoms with Gasteiger partial charge in [0, 0.05) is 0 Å². The molecule has 0 aliphatic carbocycles. The number of carbonyl (C=O) groups excluding carboxylic acids is 1. The second-order valence-corrected chi connectivity index (χ2v) is 7.84. The third-order valence-electron chi connectivity index (χ3n) is 4.30. The molecule has 0 spiro atoms. The average molecular weight is 495 g/mol. The highest BCUT2D eigenvalue weighted by atomic mass is 32.2. The van der Waals surface area contributed by atoms with E-state index < -0.39 is 36.7 Å². The lowest BCUT2D eigenvalue weighted by molar-refractivity contribution is -0.274. The van der Waals surface area contributed by atoms with Gasteiger partial charge in [-0.2, -0.15) is 13.2 Å². The molecule has 2 amide bonds. The van der Waals surface area contributed by atoms with Gasteiger partial charge in [0.15, 0.2) is 5.17 Å². The summed E-state index contributed by atoms with van der Waals surface area (Å²) < 4.78 is 93.3. The fourth-order valence-electron chi connectivity index (χ4n) is 2.89. The number of thioether (sulfide) groups is 1. The number of anilines is 1. The summed E-state index contributed by atoms with van der Waals surface area (Å²) in [7, 11) is 0. The molecule has 0 radical (unpaired) electrons. The number of benzene rings is 2. The minimum atomic E-state index is -4.89. The number of amidine groups is 1. The minimum Gasteiger partial charge on any atom is -0.406 e. The normalized spacial score (nSPS) is 16.5. The van der Waals surface area contributed by atoms with Crippen molar-refractivity contribution in [1.29, 1.82) is 0 Å². The zero-order valence-electron chi connectivity index (χ0n) is 16.9. The smallest absolute Gasteiger partial charge is 0.406 e. The fraction of sp³-hybridized carbons (Fsp3) is 0.300. The van der Waals surface area contributed by atoms with Gasteiger partial charge >= 0.3 is 18.6 Å². The summed E-state index contributed by atoms with van der Waals surface area (Å²) >= 11 is 0.803. The highest BCUT2D eigenvalue weighted by Crippen LogP contribution is 2.31. The van der Waals surface area contributed by atoms with Crippen LogP contribution in [0.2, 0.25) is 0 Å². The average Bonchev–Trinajstić information content (AvgIpc) is 2.69. The van der Waals surface area contributed by atoms with Crippen LogP contribution in [0.25, 0.3) is 0 Å². The highest BCUT2D eigenvalue weighted by Gasteiger charge is 2.35. The maximum atomic E-state index is 14.4. The molecule has 33 heavy (non-hydrogen) atoms. The van der Waals surface area contributed by atoms with Gasteiger partial charge in [-0.05, 0) is 42.3 Å². The Balaban J connectivity index is 1.88. The van der Waals surface area contributed by atoms with E-state index in [-0.39, 0.29) is 23.3 Å². The molecule has 0 bridgehead atoms. The molecule has 5 nitrogen and oxygen atoms in total. The van der Waals surface area contributed by atoms with Crippen molar-refractivity contribution in [3.8, 4) is 5.75 Å². The van der Waals surface area contributed by atoms with Gasteiger partial charge in [-0.1, -0.05) is 30.0 Å². The topological polar surface area (TPSA) is 45.1 Å². The lowest BCUT2D eigenvalue weighted by atomic mass is 10.2. The number of amides is 2. The Morgan fingerprint density at radius 2 is 1.73 bits per heavy atom. The van der Waals surface area contributed by atoms with Crippen LogP contribution in [0.4, 0.5) is 41.2 Å². The van der Waals surface area contributed by atoms with Crippen molar-refractivity contribution < 1.29 is 40.3 Å². The van der Waals surface area contributed by atoms with Crippen molar-refractivity contribution in [3.63, 3.8) is 0 Å². The van der Waals surface area contributed by atoms with E-state index in [1.165, 1.54) is 24.3 Å². The number of ether oxygens (including phenoxy) is 1. The molecule has 3 rings (SSSR count). The maximum absolute atomic E-state index is 14.4. The molecule has 1 heterocycles. The molecular formula is C20H16F7N3O2S. The standard InChI is InChI=1S/C20H16F7N3O2S/c1-12-2-7-16(15(21)8-12)30-11-33-17(28-10-19(22,23)24)29(18(30)31)9-13-3-5-14(6-4-13)32-20(25,26)27/h2-8H,9-11H2,1H3/b28-17+. The third-order valence-corrected chi connectivity index (χ3v) is 5.30. The van der Waals surface area contributed by atoms with E-state index in [0.29, 0.717) is 11.1 Å². The number of urea groups is 1. The zero-order chi connectivity index (χ0) is 24.4. The van der Waals surface area contributed by atoms with Crippen LogP contribution in [0.3, 0.4) is 0 Å². The van der Waals surface area contributed by atoms with Crippen molar-refractivity contribution in [3.05, 3.63) is 59.4 Å². The molecule has 2 aromatic carbocycles. The van der Waals surface area contributed by atoms with Gasteiger partial charge in [0.1, 0.15) is 18.1 Å². The van der Waals surface area contributed by atoms with Crippen LogP contribution < -0.4 is 9.64 Å². The van der Waals surface area contributed by atoms with Crippen molar-refractivity contribution in [1.82, 2.24) is 4.90 Å². The van der Waals surface area contributed by atoms with E-state index in [9.17, 15) is 35.5 Å². The number of rotatable bonds is 5. The maximum Gasteiger partial charge on any atom is 0.573 e. The molecule has 0 atom stereocenters. The molecule has 1 fully saturated rings. The van der Waals surface area contributed by atoms with Crippen LogP contribution in [0.1, 0.15) is 11.1 Å². The molecule has 1 saturated heterocycles. The fourth-order valence-corrected chi connectivity index (χ4v) is 3.84. The minimum absolute atomic E-state index is 0.0631. The summed E-state index contributed by atoms with van der Waals surface area (Å²) in [6, 6.07) is 7.81. The first-order valence-electron chi connectivity index (χ1n) is 9.26. The number of alkyl halides is 6. The molecule has 0 saturated carbocycles. The summed E-state index contributed by atoms with van der Waals surface area (Å²) in [6.07, 6.45) is -9.50. The van der Waals surface area contributed by atoms with Gasteiger partial charge < -0.3 is 4.74 Å². The Kier molecular flexibility index (Phi) is 7.10. The number of nitrogens with zero attached hydrogens (tertiary/aromatic N) is 3. The first-order valence-corrected chi connectivity index (χ1v) is 10.2. The number of aryl methyl sites for hydroxylation is 1. The largest absolute Gasteiger partial charge is 0.573 e. The molecular weight excluding hydrogens is 479 g/mol. The number of hydrogen-bond donors (Lipinski definition) is 0. The summed E-state index contributed by atoms with van der Waals surface area (Å²) in [5.74, 6) is -1.36. The van der Waals surface area contributed by atoms with E-state index >= 15 is 0 Å². The lowest BCUT2D eigenvalue weighted by Gasteiger charge is -2.36. The monoisotopic (exact) mass is 495 g/mol. The quantitative estimate of drug-likeness (QED) is 0.472. The predicted molar refractivity (Wildman–Crippen MR) is 108 cm³/mol. The second-order valence-electron chi connectivity index (χ2n) is 6.93. The van der Waals surface area contributed by atoms with Crippen LogP contribution in [-0.2, 0) is 6.54 Å². The van der Waals surface area contributed by atoms with Crippen molar-refractivity contribution >= 4 is 28.6 Å². The van der Waals surface area contributed by atoms with Gasteiger partial charge in [-0.3, -0.25) is 14.8 Å². The summed E-state index contributed by atoms with van der Waals surface area (Å²) in [4.78, 5) is 18.5. The van der Waals surface area contributed by atoms with Crippen LogP contribution >= 0.6 is 11.8 Å². The van der Waals surface area contributed by atoms with Crippen LogP contribution in [-0.4, -0.2) is 41.1 Å². The third kappa shape index (κ3) is 6.76. The lowest BCUT2D eigenvalue weighted by Crippen LogP contribution is -2.50. The first kappa shape index (κ1) is 24.7. The van der Waals surface area contributed by atoms with Gasteiger partial charge in [-0.15, -0.1) is 13.2 Å². The van der Waals surface area contributed by atoms with Gasteiger partial charge in [0.2, 0.25) is 0 Å². The SMILES string of the molecule is Cc1ccc(N2CS/C(=N/CC(F)(F)F)N(Cc3ccc(OC(F)(F)F)cc3)C2=O)c(F)c1. The molecule has 1 aliphatic rings. The Morgan fingerprint density at radius 1 is 1.06 bits per heavy atom. The number of halogens is 7. The molecule has 2 aromatic rings. The molecule has 178 valence electrons. The number of carbonyl (C=O) groups is 1. The molecule has 0 unspecified atom stereocenters. The van der Waals surface area contributed by atoms with Crippen LogP contribution in [0.15, 0.2) is 47.5 Å². The Bertz CT molecular complexity index is 1040.